The zero-order valence-corrected chi connectivity index (χ0v) is 13.5. The molecule has 1 aromatic heterocycles. The fourth-order valence-electron chi connectivity index (χ4n) is 2.36. The summed E-state index contributed by atoms with van der Waals surface area (Å²) in [6.07, 6.45) is 0. The minimum Gasteiger partial charge on any atom is -0.493 e. The van der Waals surface area contributed by atoms with E-state index in [2.05, 4.69) is 9.72 Å². The normalized spacial score (nSPS) is 9.76. The Kier molecular flexibility index (Phi) is 5.06. The van der Waals surface area contributed by atoms with Gasteiger partial charge in [-0.1, -0.05) is 0 Å². The van der Waals surface area contributed by atoms with Gasteiger partial charge in [-0.2, -0.15) is 10.5 Å². The molecule has 0 amide bonds. The SMILES string of the molecule is CCOc1cc(C(=O)OC)ccc1-c1c(C#N)c(N)[nH]c(=O)c1C#N. The van der Waals surface area contributed by atoms with Crippen molar-refractivity contribution in [3.05, 3.63) is 45.2 Å². The van der Waals surface area contributed by atoms with Gasteiger partial charge in [0.15, 0.2) is 0 Å². The van der Waals surface area contributed by atoms with E-state index < -0.39 is 11.5 Å². The number of carbonyl (C=O) groups is 1. The molecule has 1 aromatic carbocycles. The number of pyridine rings is 1. The highest BCUT2D eigenvalue weighted by Crippen LogP contribution is 2.36. The number of benzene rings is 1. The van der Waals surface area contributed by atoms with Crippen molar-refractivity contribution in [2.24, 2.45) is 0 Å². The van der Waals surface area contributed by atoms with E-state index in [0.29, 0.717) is 5.56 Å². The predicted molar refractivity (Wildman–Crippen MR) is 88.8 cm³/mol. The summed E-state index contributed by atoms with van der Waals surface area (Å²) < 4.78 is 10.2. The molecule has 0 saturated carbocycles. The van der Waals surface area contributed by atoms with E-state index in [-0.39, 0.29) is 40.4 Å². The van der Waals surface area contributed by atoms with Gasteiger partial charge in [0.25, 0.3) is 5.56 Å². The maximum atomic E-state index is 12.0. The van der Waals surface area contributed by atoms with Crippen LogP contribution in [0.2, 0.25) is 0 Å². The lowest BCUT2D eigenvalue weighted by atomic mass is 9.95. The number of nitriles is 2. The average Bonchev–Trinajstić information content (AvgIpc) is 2.60. The Morgan fingerprint density at radius 3 is 2.52 bits per heavy atom. The topological polar surface area (TPSA) is 142 Å². The Hall–Kier alpha value is -3.78. The molecule has 0 unspecified atom stereocenters. The van der Waals surface area contributed by atoms with Crippen LogP contribution in [0, 0.1) is 22.7 Å². The molecule has 8 nitrogen and oxygen atoms in total. The standard InChI is InChI=1S/C17H14N4O4/c1-3-25-13-6-9(17(23)24-2)4-5-10(13)14-11(7-18)15(20)21-16(22)12(14)8-19/h4-6H,3H2,1-2H3,(H3,20,21,22). The van der Waals surface area contributed by atoms with Crippen LogP contribution in [0.25, 0.3) is 11.1 Å². The molecule has 2 rings (SSSR count). The van der Waals surface area contributed by atoms with Gasteiger partial charge in [-0.3, -0.25) is 4.79 Å². The molecule has 3 N–H and O–H groups in total. The van der Waals surface area contributed by atoms with Crippen LogP contribution < -0.4 is 16.0 Å². The molecule has 0 radical (unpaired) electrons. The molecule has 0 saturated heterocycles. The summed E-state index contributed by atoms with van der Waals surface area (Å²) in [6, 6.07) is 8.02. The summed E-state index contributed by atoms with van der Waals surface area (Å²) in [7, 11) is 1.25. The van der Waals surface area contributed by atoms with Crippen LogP contribution in [-0.2, 0) is 4.74 Å². The van der Waals surface area contributed by atoms with Crippen molar-refractivity contribution in [3.8, 4) is 29.0 Å². The van der Waals surface area contributed by atoms with E-state index in [9.17, 15) is 20.1 Å². The van der Waals surface area contributed by atoms with Crippen molar-refractivity contribution in [3.63, 3.8) is 0 Å². The van der Waals surface area contributed by atoms with Gasteiger partial charge >= 0.3 is 5.97 Å². The molecule has 8 heteroatoms. The third kappa shape index (κ3) is 3.14. The summed E-state index contributed by atoms with van der Waals surface area (Å²) in [5.74, 6) is -0.497. The third-order valence-corrected chi connectivity index (χ3v) is 3.44. The van der Waals surface area contributed by atoms with Crippen LogP contribution in [0.4, 0.5) is 5.82 Å². The smallest absolute Gasteiger partial charge is 0.337 e. The second-order valence-corrected chi connectivity index (χ2v) is 4.85. The molecule has 25 heavy (non-hydrogen) atoms. The monoisotopic (exact) mass is 338 g/mol. The molecule has 0 bridgehead atoms. The molecular formula is C17H14N4O4. The quantitative estimate of drug-likeness (QED) is 0.805. The number of aromatic nitrogens is 1. The molecule has 0 aliphatic carbocycles. The third-order valence-electron chi connectivity index (χ3n) is 3.44. The molecule has 0 fully saturated rings. The van der Waals surface area contributed by atoms with Gasteiger partial charge in [-0.05, 0) is 25.1 Å². The van der Waals surface area contributed by atoms with Crippen LogP contribution in [0.3, 0.4) is 0 Å². The van der Waals surface area contributed by atoms with E-state index in [0.717, 1.165) is 0 Å². The first-order chi connectivity index (χ1) is 12.0. The van der Waals surface area contributed by atoms with Crippen molar-refractivity contribution in [1.82, 2.24) is 4.98 Å². The van der Waals surface area contributed by atoms with Crippen molar-refractivity contribution >= 4 is 11.8 Å². The maximum absolute atomic E-state index is 12.0. The second-order valence-electron chi connectivity index (χ2n) is 4.85. The summed E-state index contributed by atoms with van der Waals surface area (Å²) in [5.41, 5.74) is 5.28. The number of ether oxygens (including phenoxy) is 2. The number of nitrogens with one attached hydrogen (secondary N) is 1. The van der Waals surface area contributed by atoms with Crippen molar-refractivity contribution < 1.29 is 14.3 Å². The largest absolute Gasteiger partial charge is 0.493 e. The molecule has 2 aromatic rings. The lowest BCUT2D eigenvalue weighted by Gasteiger charge is -2.14. The van der Waals surface area contributed by atoms with Crippen molar-refractivity contribution in [2.45, 2.75) is 6.92 Å². The van der Waals surface area contributed by atoms with Crippen LogP contribution in [0.5, 0.6) is 5.75 Å². The van der Waals surface area contributed by atoms with Gasteiger partial charge in [-0.25, -0.2) is 4.79 Å². The van der Waals surface area contributed by atoms with Crippen LogP contribution in [-0.4, -0.2) is 24.7 Å². The molecule has 0 aliphatic rings. The Morgan fingerprint density at radius 1 is 1.28 bits per heavy atom. The number of H-pyrrole nitrogens is 1. The van der Waals surface area contributed by atoms with Crippen LogP contribution >= 0.6 is 0 Å². The van der Waals surface area contributed by atoms with Gasteiger partial charge in [0.1, 0.15) is 34.8 Å². The second kappa shape index (κ2) is 7.20. The zero-order valence-electron chi connectivity index (χ0n) is 13.5. The van der Waals surface area contributed by atoms with E-state index in [1.165, 1.54) is 25.3 Å². The minimum absolute atomic E-state index is 0.0529. The number of anilines is 1. The number of nitrogens with zero attached hydrogens (tertiary/aromatic N) is 2. The molecule has 126 valence electrons. The first-order valence-corrected chi connectivity index (χ1v) is 7.19. The first-order valence-electron chi connectivity index (χ1n) is 7.19. The maximum Gasteiger partial charge on any atom is 0.337 e. The van der Waals surface area contributed by atoms with Crippen LogP contribution in [0.1, 0.15) is 28.4 Å². The molecular weight excluding hydrogens is 324 g/mol. The average molecular weight is 338 g/mol. The number of nitrogens with two attached hydrogens (primary N) is 1. The van der Waals surface area contributed by atoms with E-state index in [4.69, 9.17) is 10.5 Å². The Labute approximate surface area is 143 Å². The Balaban J connectivity index is 2.87. The van der Waals surface area contributed by atoms with Crippen LogP contribution in [0.15, 0.2) is 23.0 Å². The van der Waals surface area contributed by atoms with Gasteiger partial charge < -0.3 is 20.2 Å². The summed E-state index contributed by atoms with van der Waals surface area (Å²) in [4.78, 5) is 26.0. The first kappa shape index (κ1) is 17.6. The van der Waals surface area contributed by atoms with Crippen molar-refractivity contribution in [1.29, 1.82) is 10.5 Å². The van der Waals surface area contributed by atoms with E-state index in [1.807, 2.05) is 6.07 Å². The summed E-state index contributed by atoms with van der Waals surface area (Å²) in [5, 5.41) is 18.7. The van der Waals surface area contributed by atoms with E-state index in [1.54, 1.807) is 13.0 Å². The molecule has 1 heterocycles. The summed E-state index contributed by atoms with van der Waals surface area (Å²) >= 11 is 0. The lowest BCUT2D eigenvalue weighted by molar-refractivity contribution is 0.0600. The Morgan fingerprint density at radius 2 is 1.96 bits per heavy atom. The fourth-order valence-corrected chi connectivity index (χ4v) is 2.36. The number of esters is 1. The highest BCUT2D eigenvalue weighted by molar-refractivity contribution is 5.92. The number of nitrogen functional groups attached to an aromatic ring is 1. The summed E-state index contributed by atoms with van der Waals surface area (Å²) in [6.45, 7) is 2.00. The van der Waals surface area contributed by atoms with Gasteiger partial charge in [0.05, 0.1) is 19.3 Å². The number of hydrogen-bond donors (Lipinski definition) is 2. The Bertz CT molecular complexity index is 980. The fraction of sp³-hybridized carbons (Fsp3) is 0.176. The number of rotatable bonds is 4. The van der Waals surface area contributed by atoms with Gasteiger partial charge in [0, 0.05) is 11.1 Å². The van der Waals surface area contributed by atoms with E-state index >= 15 is 0 Å². The van der Waals surface area contributed by atoms with Gasteiger partial charge in [-0.15, -0.1) is 0 Å². The number of methoxy groups -OCH3 is 1. The van der Waals surface area contributed by atoms with Crippen molar-refractivity contribution in [2.75, 3.05) is 19.5 Å². The highest BCUT2D eigenvalue weighted by Gasteiger charge is 2.22. The lowest BCUT2D eigenvalue weighted by Crippen LogP contribution is -2.16. The number of carbonyl (C=O) groups excluding carboxylic acids is 1. The number of hydrogen-bond acceptors (Lipinski definition) is 7. The predicted octanol–water partition coefficient (Wildman–Crippen LogP) is 1.55. The van der Waals surface area contributed by atoms with Gasteiger partial charge in [0.2, 0.25) is 0 Å². The highest BCUT2D eigenvalue weighted by atomic mass is 16.5. The molecule has 0 atom stereocenters. The zero-order chi connectivity index (χ0) is 18.6. The molecule has 0 spiro atoms. The minimum atomic E-state index is -0.714. The number of aromatic amines is 1. The molecule has 0 aliphatic heterocycles.